The molecular weight excluding hydrogens is 643 g/mol. The molecule has 1 aliphatic rings. The van der Waals surface area contributed by atoms with Gasteiger partial charge in [0, 0.05) is 30.9 Å². The molecule has 280 valence electrons. The van der Waals surface area contributed by atoms with E-state index in [-0.39, 0.29) is 11.8 Å². The van der Waals surface area contributed by atoms with Gasteiger partial charge in [-0.15, -0.1) is 11.3 Å². The Morgan fingerprint density at radius 1 is 1.06 bits per heavy atom. The third kappa shape index (κ3) is 25.4. The van der Waals surface area contributed by atoms with E-state index in [1.54, 1.807) is 12.2 Å². The quantitative estimate of drug-likeness (QED) is 0.0786. The number of aliphatic hydroxyl groups is 1. The molecule has 0 aliphatic carbocycles. The predicted octanol–water partition coefficient (Wildman–Crippen LogP) is 11.7. The van der Waals surface area contributed by atoms with Crippen LogP contribution in [-0.2, 0) is 4.79 Å². The lowest BCUT2D eigenvalue weighted by Gasteiger charge is -2.21. The zero-order valence-corrected chi connectivity index (χ0v) is 32.8. The van der Waals surface area contributed by atoms with E-state index in [1.807, 2.05) is 58.2 Å². The highest BCUT2D eigenvalue weighted by Crippen LogP contribution is 2.30. The lowest BCUT2D eigenvalue weighted by Crippen LogP contribution is -2.21. The van der Waals surface area contributed by atoms with Crippen molar-refractivity contribution >= 4 is 35.0 Å². The standard InChI is InChI=1S/C20H26N4O2S.C8H14O.C6H14.C3H6F2.C2H6/c1-2-15(9-10-21-14-25)20-23-17(13-27-20)19(26)22-16-7-3-4-8-18(16)24-11-5-6-12-24;1-4-5-8(9)6-7(2)3;1-3-5-6-4-2;1-3(2,4)5;1-2/h3-4,7-8,13-15H,2,5-6,9-12H2,1H3,(H,21,25)(H,22,26);5-6,9H,4H2,1-3H3;3-6H2,1-2H3;1-2H3;1-2H3/b;8-5+;;;. The minimum absolute atomic E-state index is 0.176. The molecule has 7 nitrogen and oxygen atoms in total. The number of aliphatic hydroxyl groups excluding tert-OH is 1. The van der Waals surface area contributed by atoms with E-state index >= 15 is 0 Å². The van der Waals surface area contributed by atoms with E-state index in [0.717, 1.165) is 68.2 Å². The maximum absolute atomic E-state index is 12.7. The molecule has 1 aliphatic heterocycles. The number of nitrogens with zero attached hydrogens (tertiary/aromatic N) is 2. The van der Waals surface area contributed by atoms with E-state index in [1.165, 1.54) is 49.9 Å². The first-order valence-corrected chi connectivity index (χ1v) is 18.9. The molecule has 1 aromatic carbocycles. The number of carbonyl (C=O) groups excluding carboxylic acids is 2. The van der Waals surface area contributed by atoms with Gasteiger partial charge in [0.2, 0.25) is 12.3 Å². The first-order chi connectivity index (χ1) is 23.3. The average Bonchev–Trinajstić information content (AvgIpc) is 3.77. The summed E-state index contributed by atoms with van der Waals surface area (Å²) < 4.78 is 22.0. The molecule has 10 heteroatoms. The van der Waals surface area contributed by atoms with Crippen molar-refractivity contribution in [3.63, 3.8) is 0 Å². The number of rotatable bonds is 14. The summed E-state index contributed by atoms with van der Waals surface area (Å²) >= 11 is 1.51. The van der Waals surface area contributed by atoms with Crippen LogP contribution in [0.5, 0.6) is 0 Å². The average molecular weight is 709 g/mol. The molecule has 0 bridgehead atoms. The van der Waals surface area contributed by atoms with Gasteiger partial charge in [0.1, 0.15) is 11.5 Å². The van der Waals surface area contributed by atoms with Crippen LogP contribution in [0.25, 0.3) is 0 Å². The number of benzene rings is 1. The monoisotopic (exact) mass is 708 g/mol. The molecule has 3 rings (SSSR count). The van der Waals surface area contributed by atoms with Crippen LogP contribution in [0.4, 0.5) is 20.2 Å². The van der Waals surface area contributed by atoms with E-state index in [4.69, 9.17) is 5.11 Å². The lowest BCUT2D eigenvalue weighted by molar-refractivity contribution is -0.109. The fourth-order valence-electron chi connectivity index (χ4n) is 4.46. The number of hydrogen-bond donors (Lipinski definition) is 3. The highest BCUT2D eigenvalue weighted by atomic mass is 32.1. The summed E-state index contributed by atoms with van der Waals surface area (Å²) in [7, 11) is 0. The summed E-state index contributed by atoms with van der Waals surface area (Å²) in [5.74, 6) is -2.05. The van der Waals surface area contributed by atoms with Crippen molar-refractivity contribution in [3.05, 3.63) is 63.8 Å². The van der Waals surface area contributed by atoms with Crippen molar-refractivity contribution in [2.24, 2.45) is 0 Å². The van der Waals surface area contributed by atoms with Gasteiger partial charge in [-0.2, -0.15) is 0 Å². The Morgan fingerprint density at radius 3 is 2.12 bits per heavy atom. The molecule has 1 aromatic heterocycles. The molecule has 2 amide bonds. The Morgan fingerprint density at radius 2 is 1.63 bits per heavy atom. The van der Waals surface area contributed by atoms with Crippen LogP contribution in [0.15, 0.2) is 53.1 Å². The minimum Gasteiger partial charge on any atom is -0.508 e. The van der Waals surface area contributed by atoms with Crippen LogP contribution >= 0.6 is 11.3 Å². The van der Waals surface area contributed by atoms with E-state index < -0.39 is 5.92 Å². The van der Waals surface area contributed by atoms with Gasteiger partial charge in [0.25, 0.3) is 5.91 Å². The second kappa shape index (κ2) is 29.6. The highest BCUT2D eigenvalue weighted by molar-refractivity contribution is 7.10. The number of unbranched alkanes of at least 4 members (excludes halogenated alkanes) is 3. The maximum atomic E-state index is 12.7. The van der Waals surface area contributed by atoms with Crippen molar-refractivity contribution in [1.82, 2.24) is 10.3 Å². The number of allylic oxidation sites excluding steroid dienone is 3. The number of thiazole rings is 1. The van der Waals surface area contributed by atoms with Crippen molar-refractivity contribution in [2.45, 2.75) is 139 Å². The molecular formula is C39H66F2N4O3S. The molecule has 1 atom stereocenters. The number of nitrogens with one attached hydrogen (secondary N) is 2. The van der Waals surface area contributed by atoms with Crippen molar-refractivity contribution in [1.29, 1.82) is 0 Å². The topological polar surface area (TPSA) is 94.6 Å². The number of para-hydroxylation sites is 2. The zero-order chi connectivity index (χ0) is 37.7. The molecule has 2 heterocycles. The first kappa shape index (κ1) is 47.8. The van der Waals surface area contributed by atoms with Gasteiger partial charge in [-0.25, -0.2) is 13.8 Å². The van der Waals surface area contributed by atoms with Gasteiger partial charge in [0.15, 0.2) is 0 Å². The molecule has 0 saturated carbocycles. The third-order valence-electron chi connectivity index (χ3n) is 6.72. The summed E-state index contributed by atoms with van der Waals surface area (Å²) in [5, 5.41) is 17.5. The van der Waals surface area contributed by atoms with Crippen LogP contribution in [0.2, 0.25) is 0 Å². The predicted molar refractivity (Wildman–Crippen MR) is 208 cm³/mol. The second-order valence-electron chi connectivity index (χ2n) is 12.0. The Bertz CT molecular complexity index is 1170. The number of hydrogen-bond acceptors (Lipinski definition) is 6. The van der Waals surface area contributed by atoms with Crippen LogP contribution < -0.4 is 15.5 Å². The molecule has 0 radical (unpaired) electrons. The summed E-state index contributed by atoms with van der Waals surface area (Å²) in [4.78, 5) is 30.0. The van der Waals surface area contributed by atoms with Crippen LogP contribution in [0.1, 0.15) is 148 Å². The smallest absolute Gasteiger partial charge is 0.275 e. The largest absolute Gasteiger partial charge is 0.508 e. The van der Waals surface area contributed by atoms with Crippen LogP contribution in [0, 0.1) is 0 Å². The molecule has 0 spiro atoms. The van der Waals surface area contributed by atoms with Gasteiger partial charge < -0.3 is 20.6 Å². The fraction of sp³-hybridized carbons (Fsp3) is 0.615. The van der Waals surface area contributed by atoms with Crippen molar-refractivity contribution in [3.8, 4) is 0 Å². The van der Waals surface area contributed by atoms with Gasteiger partial charge in [0.05, 0.1) is 16.4 Å². The second-order valence-corrected chi connectivity index (χ2v) is 12.9. The molecule has 3 N–H and O–H groups in total. The Labute approximate surface area is 300 Å². The van der Waals surface area contributed by atoms with Crippen molar-refractivity contribution < 1.29 is 23.5 Å². The van der Waals surface area contributed by atoms with Crippen molar-refractivity contribution in [2.75, 3.05) is 29.9 Å². The summed E-state index contributed by atoms with van der Waals surface area (Å²) in [6.07, 6.45) is 14.8. The molecule has 1 unspecified atom stereocenters. The number of anilines is 2. The number of alkyl halides is 2. The fourth-order valence-corrected chi connectivity index (χ4v) is 5.48. The molecule has 2 aromatic rings. The summed E-state index contributed by atoms with van der Waals surface area (Å²) in [6, 6.07) is 7.94. The Kier molecular flexibility index (Phi) is 28.9. The first-order valence-electron chi connectivity index (χ1n) is 18.0. The minimum atomic E-state index is -2.50. The third-order valence-corrected chi connectivity index (χ3v) is 7.73. The SMILES string of the molecule is CC.CC(C)(F)F.CC/C=C(/O)C=C(C)C.CCC(CCNC=O)c1nc(C(=O)Nc2ccccc2N2CCCC2)cs1.CCCCCC. The van der Waals surface area contributed by atoms with Gasteiger partial charge in [-0.05, 0) is 84.1 Å². The summed E-state index contributed by atoms with van der Waals surface area (Å²) in [6.45, 7) is 20.9. The van der Waals surface area contributed by atoms with E-state index in [2.05, 4.69) is 47.4 Å². The maximum Gasteiger partial charge on any atom is 0.275 e. The molecule has 1 fully saturated rings. The zero-order valence-electron chi connectivity index (χ0n) is 32.0. The van der Waals surface area contributed by atoms with Crippen LogP contribution in [0.3, 0.4) is 0 Å². The van der Waals surface area contributed by atoms with Gasteiger partial charge in [-0.1, -0.05) is 84.9 Å². The normalized spacial score (nSPS) is 12.7. The Hall–Kier alpha value is -3.27. The summed E-state index contributed by atoms with van der Waals surface area (Å²) in [5.41, 5.74) is 3.48. The lowest BCUT2D eigenvalue weighted by atomic mass is 10.0. The molecule has 49 heavy (non-hydrogen) atoms. The van der Waals surface area contributed by atoms with E-state index in [0.29, 0.717) is 24.4 Å². The van der Waals surface area contributed by atoms with Crippen LogP contribution in [-0.4, -0.2) is 48.0 Å². The Balaban J connectivity index is 0. The van der Waals surface area contributed by atoms with E-state index in [9.17, 15) is 18.4 Å². The van der Waals surface area contributed by atoms with Gasteiger partial charge >= 0.3 is 0 Å². The number of aromatic nitrogens is 1. The number of carbonyl (C=O) groups is 2. The number of halogens is 2. The number of amides is 2. The van der Waals surface area contributed by atoms with Gasteiger partial charge in [-0.3, -0.25) is 9.59 Å². The highest BCUT2D eigenvalue weighted by Gasteiger charge is 2.20. The molecule has 1 saturated heterocycles.